The maximum atomic E-state index is 10.4. The van der Waals surface area contributed by atoms with E-state index in [1.54, 1.807) is 0 Å². The lowest BCUT2D eigenvalue weighted by Gasteiger charge is -2.34. The van der Waals surface area contributed by atoms with E-state index in [0.717, 1.165) is 51.2 Å². The molecule has 4 heteroatoms. The molecule has 4 nitrogen and oxygen atoms in total. The monoisotopic (exact) mass is 281 g/mol. The van der Waals surface area contributed by atoms with Gasteiger partial charge < -0.3 is 10.4 Å². The summed E-state index contributed by atoms with van der Waals surface area (Å²) >= 11 is 0. The van der Waals surface area contributed by atoms with Gasteiger partial charge in [-0.25, -0.2) is 0 Å². The van der Waals surface area contributed by atoms with E-state index >= 15 is 0 Å². The zero-order chi connectivity index (χ0) is 13.8. The van der Waals surface area contributed by atoms with Crippen molar-refractivity contribution in [1.82, 2.24) is 15.1 Å². The highest BCUT2D eigenvalue weighted by Crippen LogP contribution is 2.35. The Morgan fingerprint density at radius 1 is 0.950 bits per heavy atom. The van der Waals surface area contributed by atoms with Gasteiger partial charge in [0.1, 0.15) is 0 Å². The summed E-state index contributed by atoms with van der Waals surface area (Å²) in [5.41, 5.74) is 0. The molecule has 1 aliphatic carbocycles. The fraction of sp³-hybridized carbons (Fsp3) is 1.00. The summed E-state index contributed by atoms with van der Waals surface area (Å²) in [6.45, 7) is 7.27. The van der Waals surface area contributed by atoms with Gasteiger partial charge in [0.15, 0.2) is 0 Å². The van der Waals surface area contributed by atoms with Gasteiger partial charge in [-0.2, -0.15) is 0 Å². The average molecular weight is 281 g/mol. The van der Waals surface area contributed by atoms with E-state index < -0.39 is 0 Å². The van der Waals surface area contributed by atoms with Gasteiger partial charge >= 0.3 is 0 Å². The van der Waals surface area contributed by atoms with Crippen LogP contribution in [-0.4, -0.2) is 72.9 Å². The number of rotatable bonds is 5. The van der Waals surface area contributed by atoms with Crippen LogP contribution in [0.5, 0.6) is 0 Å². The summed E-state index contributed by atoms with van der Waals surface area (Å²) in [6, 6.07) is 0.773. The molecule has 0 bridgehead atoms. The number of hydrogen-bond donors (Lipinski definition) is 2. The van der Waals surface area contributed by atoms with Gasteiger partial charge in [0.2, 0.25) is 0 Å². The third-order valence-corrected chi connectivity index (χ3v) is 5.48. The van der Waals surface area contributed by atoms with Crippen molar-refractivity contribution in [2.24, 2.45) is 5.92 Å². The molecule has 0 spiro atoms. The van der Waals surface area contributed by atoms with Gasteiger partial charge in [0, 0.05) is 45.3 Å². The highest BCUT2D eigenvalue weighted by Gasteiger charge is 2.34. The number of aliphatic hydroxyl groups is 1. The minimum absolute atomic E-state index is 0.171. The summed E-state index contributed by atoms with van der Waals surface area (Å²) in [4.78, 5) is 5.00. The lowest BCUT2D eigenvalue weighted by atomic mass is 9.96. The Kier molecular flexibility index (Phi) is 5.32. The van der Waals surface area contributed by atoms with Crippen LogP contribution in [-0.2, 0) is 0 Å². The quantitative estimate of drug-likeness (QED) is 0.786. The number of aliphatic hydroxyl groups excluding tert-OH is 1. The SMILES string of the molecule is OC(CN1CCNCC1)CN1CCCC1C1CCCC1. The predicted octanol–water partition coefficient (Wildman–Crippen LogP) is 0.907. The molecule has 20 heavy (non-hydrogen) atoms. The van der Waals surface area contributed by atoms with E-state index in [2.05, 4.69) is 15.1 Å². The fourth-order valence-electron chi connectivity index (χ4n) is 4.47. The first-order valence-corrected chi connectivity index (χ1v) is 8.68. The number of nitrogens with one attached hydrogen (secondary N) is 1. The maximum Gasteiger partial charge on any atom is 0.0793 e. The van der Waals surface area contributed by atoms with Crippen LogP contribution >= 0.6 is 0 Å². The maximum absolute atomic E-state index is 10.4. The number of hydrogen-bond acceptors (Lipinski definition) is 4. The Bertz CT molecular complexity index is 287. The Labute approximate surface area is 123 Å². The number of piperazine rings is 1. The number of nitrogens with zero attached hydrogens (tertiary/aromatic N) is 2. The third kappa shape index (κ3) is 3.73. The minimum Gasteiger partial charge on any atom is -0.390 e. The van der Waals surface area contributed by atoms with Crippen molar-refractivity contribution in [3.05, 3.63) is 0 Å². The van der Waals surface area contributed by atoms with Crippen molar-refractivity contribution in [3.63, 3.8) is 0 Å². The van der Waals surface area contributed by atoms with Crippen LogP contribution in [0.2, 0.25) is 0 Å². The molecule has 1 saturated carbocycles. The lowest BCUT2D eigenvalue weighted by molar-refractivity contribution is 0.0563. The van der Waals surface area contributed by atoms with E-state index in [9.17, 15) is 5.11 Å². The summed E-state index contributed by atoms with van der Waals surface area (Å²) in [5, 5.41) is 13.8. The largest absolute Gasteiger partial charge is 0.390 e. The van der Waals surface area contributed by atoms with Crippen LogP contribution in [0.3, 0.4) is 0 Å². The molecule has 2 heterocycles. The lowest BCUT2D eigenvalue weighted by Crippen LogP contribution is -2.49. The van der Waals surface area contributed by atoms with E-state index in [0.29, 0.717) is 0 Å². The van der Waals surface area contributed by atoms with E-state index in [1.807, 2.05) is 0 Å². The van der Waals surface area contributed by atoms with Crippen LogP contribution in [0.15, 0.2) is 0 Å². The van der Waals surface area contributed by atoms with Crippen molar-refractivity contribution in [2.45, 2.75) is 50.7 Å². The molecule has 0 amide bonds. The summed E-state index contributed by atoms with van der Waals surface area (Å²) in [5.74, 6) is 0.920. The molecule has 3 aliphatic rings. The van der Waals surface area contributed by atoms with Gasteiger partial charge in [-0.05, 0) is 38.1 Å². The second-order valence-corrected chi connectivity index (χ2v) is 6.95. The predicted molar refractivity (Wildman–Crippen MR) is 81.9 cm³/mol. The molecule has 0 aromatic heterocycles. The van der Waals surface area contributed by atoms with Crippen molar-refractivity contribution >= 4 is 0 Å². The molecule has 0 radical (unpaired) electrons. The molecule has 2 atom stereocenters. The van der Waals surface area contributed by atoms with Gasteiger partial charge in [0.05, 0.1) is 6.10 Å². The molecule has 2 saturated heterocycles. The molecule has 2 N–H and O–H groups in total. The minimum atomic E-state index is -0.171. The van der Waals surface area contributed by atoms with Gasteiger partial charge in [0.25, 0.3) is 0 Å². The van der Waals surface area contributed by atoms with Crippen molar-refractivity contribution in [2.75, 3.05) is 45.8 Å². The van der Waals surface area contributed by atoms with E-state index in [4.69, 9.17) is 0 Å². The van der Waals surface area contributed by atoms with Gasteiger partial charge in [-0.15, -0.1) is 0 Å². The normalized spacial score (nSPS) is 31.9. The van der Waals surface area contributed by atoms with Crippen LogP contribution in [0, 0.1) is 5.92 Å². The summed E-state index contributed by atoms with van der Waals surface area (Å²) < 4.78 is 0. The Morgan fingerprint density at radius 3 is 2.45 bits per heavy atom. The second-order valence-electron chi connectivity index (χ2n) is 6.95. The smallest absolute Gasteiger partial charge is 0.0793 e. The highest BCUT2D eigenvalue weighted by molar-refractivity contribution is 4.88. The summed E-state index contributed by atoms with van der Waals surface area (Å²) in [6.07, 6.45) is 8.24. The second kappa shape index (κ2) is 7.21. The Balaban J connectivity index is 1.45. The van der Waals surface area contributed by atoms with Gasteiger partial charge in [-0.1, -0.05) is 12.8 Å². The molecule has 0 aromatic carbocycles. The van der Waals surface area contributed by atoms with Crippen molar-refractivity contribution < 1.29 is 5.11 Å². The number of β-amino-alcohol motifs (C(OH)–C–C–N with tert-alkyl or cyclic N) is 1. The van der Waals surface area contributed by atoms with Crippen molar-refractivity contribution in [3.8, 4) is 0 Å². The molecule has 2 aliphatic heterocycles. The Hall–Kier alpha value is -0.160. The van der Waals surface area contributed by atoms with Gasteiger partial charge in [-0.3, -0.25) is 9.80 Å². The first kappa shape index (κ1) is 14.8. The molecule has 3 rings (SSSR count). The zero-order valence-electron chi connectivity index (χ0n) is 12.8. The average Bonchev–Trinajstić information content (AvgIpc) is 3.10. The molecular formula is C16H31N3O. The van der Waals surface area contributed by atoms with Crippen LogP contribution in [0.4, 0.5) is 0 Å². The standard InChI is InChI=1S/C16H31N3O/c20-15(12-18-10-7-17-8-11-18)13-19-9-3-6-16(19)14-4-1-2-5-14/h14-17,20H,1-13H2. The first-order chi connectivity index (χ1) is 9.83. The van der Waals surface area contributed by atoms with Crippen molar-refractivity contribution in [1.29, 1.82) is 0 Å². The van der Waals surface area contributed by atoms with Crippen LogP contribution < -0.4 is 5.32 Å². The highest BCUT2D eigenvalue weighted by atomic mass is 16.3. The molecule has 2 unspecified atom stereocenters. The molecule has 3 fully saturated rings. The zero-order valence-corrected chi connectivity index (χ0v) is 12.8. The van der Waals surface area contributed by atoms with Crippen LogP contribution in [0.1, 0.15) is 38.5 Å². The Morgan fingerprint density at radius 2 is 1.70 bits per heavy atom. The molecule has 116 valence electrons. The third-order valence-electron chi connectivity index (χ3n) is 5.48. The first-order valence-electron chi connectivity index (χ1n) is 8.68. The summed E-state index contributed by atoms with van der Waals surface area (Å²) in [7, 11) is 0. The number of likely N-dealkylation sites (tertiary alicyclic amines) is 1. The molecule has 0 aromatic rings. The molecular weight excluding hydrogens is 250 g/mol. The fourth-order valence-corrected chi connectivity index (χ4v) is 4.47. The topological polar surface area (TPSA) is 38.7 Å². The van der Waals surface area contributed by atoms with Crippen LogP contribution in [0.25, 0.3) is 0 Å². The van der Waals surface area contributed by atoms with E-state index in [1.165, 1.54) is 45.1 Å². The van der Waals surface area contributed by atoms with E-state index in [-0.39, 0.29) is 6.10 Å².